The van der Waals surface area contributed by atoms with Crippen molar-refractivity contribution < 1.29 is 0 Å². The topological polar surface area (TPSA) is 12.0 Å². The van der Waals surface area contributed by atoms with Gasteiger partial charge in [-0.2, -0.15) is 0 Å². The average Bonchev–Trinajstić information content (AvgIpc) is 2.05. The first-order valence-corrected chi connectivity index (χ1v) is 4.58. The van der Waals surface area contributed by atoms with Crippen molar-refractivity contribution in [1.82, 2.24) is 5.32 Å². The Hall–Kier alpha value is -0.300. The molecule has 1 nitrogen and oxygen atoms in total. The van der Waals surface area contributed by atoms with Crippen molar-refractivity contribution >= 4 is 0 Å². The van der Waals surface area contributed by atoms with Gasteiger partial charge in [0.15, 0.2) is 0 Å². The van der Waals surface area contributed by atoms with Crippen LogP contribution in [0.4, 0.5) is 0 Å². The van der Waals surface area contributed by atoms with Crippen LogP contribution in [0.25, 0.3) is 0 Å². The molecule has 0 bridgehead atoms. The molecule has 11 heavy (non-hydrogen) atoms. The second-order valence-corrected chi connectivity index (χ2v) is 3.66. The molecular weight excluding hydrogens is 134 g/mol. The molecule has 1 aliphatic rings. The zero-order valence-corrected chi connectivity index (χ0v) is 7.74. The van der Waals surface area contributed by atoms with E-state index >= 15 is 0 Å². The lowest BCUT2D eigenvalue weighted by Gasteiger charge is -2.37. The lowest BCUT2D eigenvalue weighted by molar-refractivity contribution is 0.245. The molecule has 0 aromatic heterocycles. The standard InChI is InChI=1S/C10H19N/c1-4-10(9(2)3)5-7-11-8-6-10/h11H,2,4-8H2,1,3H3. The maximum atomic E-state index is 4.09. The van der Waals surface area contributed by atoms with E-state index in [1.807, 2.05) is 0 Å². The summed E-state index contributed by atoms with van der Waals surface area (Å²) in [5.41, 5.74) is 1.84. The van der Waals surface area contributed by atoms with E-state index in [9.17, 15) is 0 Å². The van der Waals surface area contributed by atoms with Crippen LogP contribution in [0.2, 0.25) is 0 Å². The van der Waals surface area contributed by atoms with Gasteiger partial charge in [-0.1, -0.05) is 19.1 Å². The van der Waals surface area contributed by atoms with E-state index in [2.05, 4.69) is 25.7 Å². The van der Waals surface area contributed by atoms with Crippen molar-refractivity contribution in [2.24, 2.45) is 5.41 Å². The molecule has 1 rings (SSSR count). The minimum atomic E-state index is 0.464. The highest BCUT2D eigenvalue weighted by molar-refractivity contribution is 5.08. The smallest absolute Gasteiger partial charge is 0.00405 e. The first-order valence-electron chi connectivity index (χ1n) is 4.58. The van der Waals surface area contributed by atoms with Crippen LogP contribution in [0.5, 0.6) is 0 Å². The highest BCUT2D eigenvalue weighted by atomic mass is 14.9. The molecule has 0 atom stereocenters. The number of hydrogen-bond acceptors (Lipinski definition) is 1. The van der Waals surface area contributed by atoms with Crippen LogP contribution in [0.3, 0.4) is 0 Å². The number of hydrogen-bond donors (Lipinski definition) is 1. The fourth-order valence-electron chi connectivity index (χ4n) is 1.99. The van der Waals surface area contributed by atoms with Crippen LogP contribution in [-0.2, 0) is 0 Å². The van der Waals surface area contributed by atoms with E-state index in [0.29, 0.717) is 5.41 Å². The Morgan fingerprint density at radius 1 is 1.45 bits per heavy atom. The van der Waals surface area contributed by atoms with Crippen LogP contribution in [0, 0.1) is 5.41 Å². The molecule has 0 aromatic rings. The molecule has 0 spiro atoms. The summed E-state index contributed by atoms with van der Waals surface area (Å²) < 4.78 is 0. The van der Waals surface area contributed by atoms with Crippen LogP contribution >= 0.6 is 0 Å². The first-order chi connectivity index (χ1) is 5.21. The zero-order chi connectivity index (χ0) is 8.32. The summed E-state index contributed by atoms with van der Waals surface area (Å²) in [6.07, 6.45) is 3.81. The maximum Gasteiger partial charge on any atom is -0.00405 e. The molecule has 1 fully saturated rings. The van der Waals surface area contributed by atoms with Gasteiger partial charge in [0, 0.05) is 0 Å². The average molecular weight is 153 g/mol. The van der Waals surface area contributed by atoms with Gasteiger partial charge in [0.2, 0.25) is 0 Å². The summed E-state index contributed by atoms with van der Waals surface area (Å²) in [6.45, 7) is 10.9. The van der Waals surface area contributed by atoms with Crippen LogP contribution in [-0.4, -0.2) is 13.1 Å². The van der Waals surface area contributed by atoms with E-state index in [1.54, 1.807) is 0 Å². The fraction of sp³-hybridized carbons (Fsp3) is 0.800. The predicted octanol–water partition coefficient (Wildman–Crippen LogP) is 2.34. The Balaban J connectivity index is 2.64. The normalized spacial score (nSPS) is 23.1. The largest absolute Gasteiger partial charge is 0.317 e. The number of rotatable bonds is 2. The first kappa shape index (κ1) is 8.79. The summed E-state index contributed by atoms with van der Waals surface area (Å²) in [7, 11) is 0. The Kier molecular flexibility index (Phi) is 2.72. The second kappa shape index (κ2) is 3.40. The Labute approximate surface area is 69.9 Å². The van der Waals surface area contributed by atoms with E-state index in [-0.39, 0.29) is 0 Å². The second-order valence-electron chi connectivity index (χ2n) is 3.66. The SMILES string of the molecule is C=C(C)C1(CC)CCNCC1. The van der Waals surface area contributed by atoms with Crippen molar-refractivity contribution in [2.45, 2.75) is 33.1 Å². The summed E-state index contributed by atoms with van der Waals surface area (Å²) in [6, 6.07) is 0. The minimum absolute atomic E-state index is 0.464. The highest BCUT2D eigenvalue weighted by Gasteiger charge is 2.30. The van der Waals surface area contributed by atoms with Crippen molar-refractivity contribution in [3.05, 3.63) is 12.2 Å². The third kappa shape index (κ3) is 1.64. The molecular formula is C10H19N. The molecule has 1 N–H and O–H groups in total. The predicted molar refractivity (Wildman–Crippen MR) is 49.6 cm³/mol. The summed E-state index contributed by atoms with van der Waals surface area (Å²) in [5, 5.41) is 3.39. The molecule has 0 saturated carbocycles. The van der Waals surface area contributed by atoms with Crippen LogP contribution in [0.1, 0.15) is 33.1 Å². The van der Waals surface area contributed by atoms with Gasteiger partial charge < -0.3 is 5.32 Å². The molecule has 1 heterocycles. The van der Waals surface area contributed by atoms with Gasteiger partial charge in [-0.3, -0.25) is 0 Å². The van der Waals surface area contributed by atoms with Gasteiger partial charge in [0.05, 0.1) is 0 Å². The van der Waals surface area contributed by atoms with E-state index < -0.39 is 0 Å². The Bertz CT molecular complexity index is 143. The van der Waals surface area contributed by atoms with Crippen LogP contribution in [0.15, 0.2) is 12.2 Å². The molecule has 64 valence electrons. The molecule has 0 radical (unpaired) electrons. The van der Waals surface area contributed by atoms with E-state index in [4.69, 9.17) is 0 Å². The van der Waals surface area contributed by atoms with E-state index in [0.717, 1.165) is 0 Å². The van der Waals surface area contributed by atoms with Gasteiger partial charge in [0.25, 0.3) is 0 Å². The van der Waals surface area contributed by atoms with Crippen molar-refractivity contribution in [3.8, 4) is 0 Å². The quantitative estimate of drug-likeness (QED) is 0.600. The molecule has 1 heteroatoms. The number of allylic oxidation sites excluding steroid dienone is 1. The highest BCUT2D eigenvalue weighted by Crippen LogP contribution is 2.38. The lowest BCUT2D eigenvalue weighted by atomic mass is 9.72. The van der Waals surface area contributed by atoms with Crippen molar-refractivity contribution in [1.29, 1.82) is 0 Å². The van der Waals surface area contributed by atoms with Crippen molar-refractivity contribution in [2.75, 3.05) is 13.1 Å². The maximum absolute atomic E-state index is 4.09. The summed E-state index contributed by atoms with van der Waals surface area (Å²) in [5.74, 6) is 0. The molecule has 0 aromatic carbocycles. The Morgan fingerprint density at radius 3 is 2.27 bits per heavy atom. The Morgan fingerprint density at radius 2 is 2.00 bits per heavy atom. The third-order valence-electron chi connectivity index (χ3n) is 3.14. The van der Waals surface area contributed by atoms with Gasteiger partial charge in [-0.25, -0.2) is 0 Å². The number of piperidine rings is 1. The molecule has 0 aliphatic carbocycles. The van der Waals surface area contributed by atoms with Crippen LogP contribution < -0.4 is 5.32 Å². The zero-order valence-electron chi connectivity index (χ0n) is 7.74. The minimum Gasteiger partial charge on any atom is -0.317 e. The molecule has 1 aliphatic heterocycles. The van der Waals surface area contributed by atoms with Gasteiger partial charge in [-0.15, -0.1) is 0 Å². The van der Waals surface area contributed by atoms with E-state index in [1.165, 1.54) is 37.9 Å². The molecule has 1 saturated heterocycles. The van der Waals surface area contributed by atoms with Crippen molar-refractivity contribution in [3.63, 3.8) is 0 Å². The lowest BCUT2D eigenvalue weighted by Crippen LogP contribution is -2.36. The molecule has 0 amide bonds. The summed E-state index contributed by atoms with van der Waals surface area (Å²) >= 11 is 0. The summed E-state index contributed by atoms with van der Waals surface area (Å²) in [4.78, 5) is 0. The van der Waals surface area contributed by atoms with Gasteiger partial charge in [-0.05, 0) is 44.7 Å². The molecule has 0 unspecified atom stereocenters. The monoisotopic (exact) mass is 153 g/mol. The van der Waals surface area contributed by atoms with Gasteiger partial charge >= 0.3 is 0 Å². The van der Waals surface area contributed by atoms with Gasteiger partial charge in [0.1, 0.15) is 0 Å². The fourth-order valence-corrected chi connectivity index (χ4v) is 1.99. The third-order valence-corrected chi connectivity index (χ3v) is 3.14. The number of nitrogens with one attached hydrogen (secondary N) is 1.